The second kappa shape index (κ2) is 11.9. The summed E-state index contributed by atoms with van der Waals surface area (Å²) < 4.78 is 27.4. The lowest BCUT2D eigenvalue weighted by Gasteiger charge is -2.43. The molecule has 0 bridgehead atoms. The van der Waals surface area contributed by atoms with Crippen LogP contribution in [0.2, 0.25) is 0 Å². The first kappa shape index (κ1) is 27.7. The predicted octanol–water partition coefficient (Wildman–Crippen LogP) is 3.62. The Bertz CT molecular complexity index is 1060. The third-order valence-electron chi connectivity index (χ3n) is 6.98. The van der Waals surface area contributed by atoms with Crippen LogP contribution in [0.25, 0.3) is 0 Å². The predicted molar refractivity (Wildman–Crippen MR) is 135 cm³/mol. The fourth-order valence-corrected chi connectivity index (χ4v) is 4.91. The van der Waals surface area contributed by atoms with Crippen molar-refractivity contribution in [3.8, 4) is 0 Å². The van der Waals surface area contributed by atoms with Gasteiger partial charge in [-0.25, -0.2) is 8.78 Å². The monoisotopic (exact) mass is 501 g/mol. The highest BCUT2D eigenvalue weighted by molar-refractivity contribution is 5.79. The van der Waals surface area contributed by atoms with Gasteiger partial charge in [-0.05, 0) is 54.5 Å². The van der Waals surface area contributed by atoms with Crippen molar-refractivity contribution < 1.29 is 23.5 Å². The third-order valence-corrected chi connectivity index (χ3v) is 6.98. The summed E-state index contributed by atoms with van der Waals surface area (Å²) in [6.45, 7) is 8.81. The first-order valence-corrected chi connectivity index (χ1v) is 12.6. The lowest BCUT2D eigenvalue weighted by Crippen LogP contribution is -2.57. The van der Waals surface area contributed by atoms with Crippen molar-refractivity contribution in [2.45, 2.75) is 70.6 Å². The average Bonchev–Trinajstić information content (AvgIpc) is 2.81. The summed E-state index contributed by atoms with van der Waals surface area (Å²) in [7, 11) is 0. The molecule has 2 aromatic rings. The third kappa shape index (κ3) is 6.89. The van der Waals surface area contributed by atoms with Gasteiger partial charge < -0.3 is 20.6 Å². The van der Waals surface area contributed by atoms with E-state index in [1.807, 2.05) is 24.0 Å². The molecule has 2 aromatic carbocycles. The first-order valence-electron chi connectivity index (χ1n) is 12.6. The molecule has 2 amide bonds. The van der Waals surface area contributed by atoms with E-state index in [0.29, 0.717) is 31.0 Å². The van der Waals surface area contributed by atoms with Crippen LogP contribution in [0, 0.1) is 11.6 Å². The number of nitrogens with zero attached hydrogens (tertiary/aromatic N) is 1. The number of amides is 2. The molecular formula is C28H37F2N3O3. The summed E-state index contributed by atoms with van der Waals surface area (Å²) in [6.07, 6.45) is -0.102. The molecule has 36 heavy (non-hydrogen) atoms. The largest absolute Gasteiger partial charge is 0.390 e. The Hall–Kier alpha value is -2.84. The maximum absolute atomic E-state index is 13.7. The van der Waals surface area contributed by atoms with Gasteiger partial charge in [0.25, 0.3) is 0 Å². The van der Waals surface area contributed by atoms with Crippen LogP contribution in [-0.2, 0) is 21.5 Å². The molecule has 0 aliphatic carbocycles. The van der Waals surface area contributed by atoms with Gasteiger partial charge in [-0.1, -0.05) is 38.1 Å². The van der Waals surface area contributed by atoms with E-state index >= 15 is 0 Å². The zero-order valence-corrected chi connectivity index (χ0v) is 21.5. The SMILES string of the molecule is CCN1CCC(NC[C@@H](O)[C@H](Cc2cc(F)cc(F)c2)NC(C)=O)(c2cccc(C(C)C)c2)CC1=O. The molecule has 0 saturated carbocycles. The van der Waals surface area contributed by atoms with E-state index in [4.69, 9.17) is 0 Å². The van der Waals surface area contributed by atoms with Gasteiger partial charge in [0, 0.05) is 39.0 Å². The smallest absolute Gasteiger partial charge is 0.224 e. The molecule has 1 heterocycles. The highest BCUT2D eigenvalue weighted by Crippen LogP contribution is 2.35. The Labute approximate surface area is 212 Å². The Morgan fingerprint density at radius 3 is 2.44 bits per heavy atom. The van der Waals surface area contributed by atoms with E-state index in [0.717, 1.165) is 17.2 Å². The molecule has 3 rings (SSSR count). The number of halogens is 2. The molecule has 196 valence electrons. The van der Waals surface area contributed by atoms with Crippen LogP contribution in [0.1, 0.15) is 63.1 Å². The molecule has 1 fully saturated rings. The van der Waals surface area contributed by atoms with Crippen molar-refractivity contribution in [3.05, 3.63) is 70.8 Å². The molecular weight excluding hydrogens is 464 g/mol. The van der Waals surface area contributed by atoms with Crippen LogP contribution in [-0.4, -0.2) is 53.6 Å². The molecule has 1 saturated heterocycles. The van der Waals surface area contributed by atoms with E-state index in [-0.39, 0.29) is 31.2 Å². The number of carbonyl (C=O) groups excluding carboxylic acids is 2. The summed E-state index contributed by atoms with van der Waals surface area (Å²) in [5.41, 5.74) is 1.79. The minimum absolute atomic E-state index is 0.0364. The Balaban J connectivity index is 1.85. The van der Waals surface area contributed by atoms with Crippen LogP contribution in [0.3, 0.4) is 0 Å². The van der Waals surface area contributed by atoms with Gasteiger partial charge in [0.15, 0.2) is 0 Å². The number of carbonyl (C=O) groups is 2. The number of aliphatic hydroxyl groups is 1. The van der Waals surface area contributed by atoms with E-state index in [1.165, 1.54) is 19.1 Å². The number of nitrogens with one attached hydrogen (secondary N) is 2. The average molecular weight is 502 g/mol. The van der Waals surface area contributed by atoms with Gasteiger partial charge in [0.2, 0.25) is 11.8 Å². The van der Waals surface area contributed by atoms with Crippen molar-refractivity contribution in [1.29, 1.82) is 0 Å². The Morgan fingerprint density at radius 1 is 1.17 bits per heavy atom. The quantitative estimate of drug-likeness (QED) is 0.465. The van der Waals surface area contributed by atoms with Crippen molar-refractivity contribution in [1.82, 2.24) is 15.5 Å². The zero-order valence-electron chi connectivity index (χ0n) is 21.5. The number of likely N-dealkylation sites (tertiary alicyclic amines) is 1. The van der Waals surface area contributed by atoms with E-state index in [1.54, 1.807) is 0 Å². The minimum atomic E-state index is -1.07. The standard InChI is InChI=1S/C28H37F2N3O3/c1-5-33-10-9-28(16-27(33)36,22-8-6-7-21(14-22)18(2)3)31-17-26(35)25(32-19(4)34)13-20-11-23(29)15-24(30)12-20/h6-8,11-12,14-15,18,25-26,31,35H,5,9-10,13,16-17H2,1-4H3,(H,32,34)/t25-,26+,28?/m0/s1. The maximum Gasteiger partial charge on any atom is 0.224 e. The van der Waals surface area contributed by atoms with Crippen LogP contribution in [0.5, 0.6) is 0 Å². The fourth-order valence-electron chi connectivity index (χ4n) is 4.91. The van der Waals surface area contributed by atoms with E-state index in [2.05, 4.69) is 36.6 Å². The van der Waals surface area contributed by atoms with E-state index < -0.39 is 29.3 Å². The van der Waals surface area contributed by atoms with E-state index in [9.17, 15) is 23.5 Å². The second-order valence-electron chi connectivity index (χ2n) is 10.00. The number of hydrogen-bond acceptors (Lipinski definition) is 4. The van der Waals surface area contributed by atoms with Gasteiger partial charge in [0.1, 0.15) is 11.6 Å². The number of piperidine rings is 1. The minimum Gasteiger partial charge on any atom is -0.390 e. The molecule has 6 nitrogen and oxygen atoms in total. The van der Waals surface area contributed by atoms with Crippen LogP contribution < -0.4 is 10.6 Å². The van der Waals surface area contributed by atoms with Crippen molar-refractivity contribution in [2.75, 3.05) is 19.6 Å². The van der Waals surface area contributed by atoms with Crippen LogP contribution >= 0.6 is 0 Å². The summed E-state index contributed by atoms with van der Waals surface area (Å²) >= 11 is 0. The molecule has 0 spiro atoms. The highest BCUT2D eigenvalue weighted by atomic mass is 19.1. The van der Waals surface area contributed by atoms with Crippen molar-refractivity contribution in [2.24, 2.45) is 0 Å². The van der Waals surface area contributed by atoms with Gasteiger partial charge >= 0.3 is 0 Å². The Morgan fingerprint density at radius 2 is 1.86 bits per heavy atom. The lowest BCUT2D eigenvalue weighted by molar-refractivity contribution is -0.136. The number of aliphatic hydroxyl groups excluding tert-OH is 1. The van der Waals surface area contributed by atoms with Gasteiger partial charge in [-0.2, -0.15) is 0 Å². The number of hydrogen-bond donors (Lipinski definition) is 3. The van der Waals surface area contributed by atoms with Crippen molar-refractivity contribution in [3.63, 3.8) is 0 Å². The molecule has 3 N–H and O–H groups in total. The van der Waals surface area contributed by atoms with Gasteiger partial charge in [-0.3, -0.25) is 9.59 Å². The number of rotatable bonds is 10. The maximum atomic E-state index is 13.7. The molecule has 1 aliphatic heterocycles. The summed E-state index contributed by atoms with van der Waals surface area (Å²) in [5.74, 6) is -1.44. The lowest BCUT2D eigenvalue weighted by atomic mass is 9.79. The first-order chi connectivity index (χ1) is 17.0. The molecule has 1 unspecified atom stereocenters. The fraction of sp³-hybridized carbons (Fsp3) is 0.500. The van der Waals surface area contributed by atoms with Crippen LogP contribution in [0.4, 0.5) is 8.78 Å². The molecule has 1 aliphatic rings. The summed E-state index contributed by atoms with van der Waals surface area (Å²) in [6, 6.07) is 10.5. The molecule has 3 atom stereocenters. The number of benzene rings is 2. The zero-order chi connectivity index (χ0) is 26.5. The molecule has 0 aromatic heterocycles. The molecule has 8 heteroatoms. The highest BCUT2D eigenvalue weighted by Gasteiger charge is 2.40. The normalized spacial score (nSPS) is 19.9. The second-order valence-corrected chi connectivity index (χ2v) is 10.00. The molecule has 0 radical (unpaired) electrons. The topological polar surface area (TPSA) is 81.7 Å². The summed E-state index contributed by atoms with van der Waals surface area (Å²) in [5, 5.41) is 17.3. The van der Waals surface area contributed by atoms with Gasteiger partial charge in [-0.15, -0.1) is 0 Å². The Kier molecular flexibility index (Phi) is 9.19. The van der Waals surface area contributed by atoms with Gasteiger partial charge in [0.05, 0.1) is 17.7 Å². The summed E-state index contributed by atoms with van der Waals surface area (Å²) in [4.78, 5) is 26.6. The van der Waals surface area contributed by atoms with Crippen LogP contribution in [0.15, 0.2) is 42.5 Å². The van der Waals surface area contributed by atoms with Crippen molar-refractivity contribution >= 4 is 11.8 Å².